The van der Waals surface area contributed by atoms with Crippen LogP contribution in [-0.2, 0) is 0 Å². The topological polar surface area (TPSA) is 15.3 Å². The summed E-state index contributed by atoms with van der Waals surface area (Å²) in [6.07, 6.45) is 1.19. The fourth-order valence-electron chi connectivity index (χ4n) is 1.72. The van der Waals surface area contributed by atoms with Gasteiger partial charge in [0.15, 0.2) is 0 Å². The van der Waals surface area contributed by atoms with Gasteiger partial charge < -0.3 is 5.32 Å². The minimum atomic E-state index is 0.467. The number of hydrogen-bond acceptors (Lipinski definition) is 2. The standard InChI is InChI=1S/C13H21BrN2/c1-11(16(3)9-5-8-15-2)12-6-4-7-13(14)10-12/h4,6-7,10-11,15H,5,8-9H2,1-3H3. The zero-order valence-corrected chi connectivity index (χ0v) is 11.9. The second-order valence-electron chi connectivity index (χ2n) is 4.17. The smallest absolute Gasteiger partial charge is 0.0317 e. The first-order valence-electron chi connectivity index (χ1n) is 5.75. The van der Waals surface area contributed by atoms with E-state index in [-0.39, 0.29) is 0 Å². The molecule has 1 unspecified atom stereocenters. The van der Waals surface area contributed by atoms with Crippen LogP contribution in [0.2, 0.25) is 0 Å². The molecule has 0 heterocycles. The van der Waals surface area contributed by atoms with Crippen molar-refractivity contribution in [2.75, 3.05) is 27.2 Å². The summed E-state index contributed by atoms with van der Waals surface area (Å²) in [7, 11) is 4.18. The van der Waals surface area contributed by atoms with Crippen LogP contribution in [0.3, 0.4) is 0 Å². The molecule has 16 heavy (non-hydrogen) atoms. The molecule has 2 nitrogen and oxygen atoms in total. The Labute approximate surface area is 107 Å². The van der Waals surface area contributed by atoms with Crippen molar-refractivity contribution in [1.82, 2.24) is 10.2 Å². The lowest BCUT2D eigenvalue weighted by Crippen LogP contribution is -2.25. The van der Waals surface area contributed by atoms with E-state index in [1.165, 1.54) is 12.0 Å². The first kappa shape index (κ1) is 13.7. The summed E-state index contributed by atoms with van der Waals surface area (Å²) in [6.45, 7) is 4.45. The molecule has 3 heteroatoms. The van der Waals surface area contributed by atoms with Gasteiger partial charge in [-0.1, -0.05) is 28.1 Å². The molecule has 0 aliphatic heterocycles. The number of halogens is 1. The first-order valence-corrected chi connectivity index (χ1v) is 6.54. The zero-order valence-electron chi connectivity index (χ0n) is 10.3. The molecule has 0 saturated heterocycles. The van der Waals surface area contributed by atoms with E-state index in [1.807, 2.05) is 7.05 Å². The number of nitrogens with one attached hydrogen (secondary N) is 1. The van der Waals surface area contributed by atoms with Gasteiger partial charge in [0.2, 0.25) is 0 Å². The molecule has 1 aromatic rings. The maximum absolute atomic E-state index is 3.51. The minimum absolute atomic E-state index is 0.467. The highest BCUT2D eigenvalue weighted by molar-refractivity contribution is 9.10. The van der Waals surface area contributed by atoms with Crippen molar-refractivity contribution >= 4 is 15.9 Å². The van der Waals surface area contributed by atoms with E-state index in [2.05, 4.69) is 64.4 Å². The van der Waals surface area contributed by atoms with Crippen molar-refractivity contribution in [3.05, 3.63) is 34.3 Å². The van der Waals surface area contributed by atoms with Crippen LogP contribution in [0.1, 0.15) is 24.9 Å². The Hall–Kier alpha value is -0.380. The Morgan fingerprint density at radius 1 is 1.44 bits per heavy atom. The van der Waals surface area contributed by atoms with Gasteiger partial charge >= 0.3 is 0 Å². The molecule has 1 aromatic carbocycles. The van der Waals surface area contributed by atoms with Crippen LogP contribution in [0.4, 0.5) is 0 Å². The molecule has 0 bridgehead atoms. The third-order valence-electron chi connectivity index (χ3n) is 2.93. The normalized spacial score (nSPS) is 13.1. The van der Waals surface area contributed by atoms with E-state index >= 15 is 0 Å². The maximum Gasteiger partial charge on any atom is 0.0317 e. The van der Waals surface area contributed by atoms with E-state index in [0.29, 0.717) is 6.04 Å². The van der Waals surface area contributed by atoms with Gasteiger partial charge in [-0.3, -0.25) is 4.90 Å². The van der Waals surface area contributed by atoms with E-state index in [1.54, 1.807) is 0 Å². The maximum atomic E-state index is 3.51. The fourth-order valence-corrected chi connectivity index (χ4v) is 2.14. The van der Waals surface area contributed by atoms with Crippen molar-refractivity contribution < 1.29 is 0 Å². The predicted molar refractivity (Wildman–Crippen MR) is 73.7 cm³/mol. The lowest BCUT2D eigenvalue weighted by atomic mass is 10.1. The summed E-state index contributed by atoms with van der Waals surface area (Å²) >= 11 is 3.51. The van der Waals surface area contributed by atoms with Crippen molar-refractivity contribution in [2.45, 2.75) is 19.4 Å². The summed E-state index contributed by atoms with van der Waals surface area (Å²) in [6, 6.07) is 9.01. The summed E-state index contributed by atoms with van der Waals surface area (Å²) in [5.41, 5.74) is 1.36. The average molecular weight is 285 g/mol. The number of hydrogen-bond donors (Lipinski definition) is 1. The molecule has 0 aliphatic carbocycles. The molecule has 0 amide bonds. The van der Waals surface area contributed by atoms with Gasteiger partial charge in [0.1, 0.15) is 0 Å². The summed E-state index contributed by atoms with van der Waals surface area (Å²) in [5.74, 6) is 0. The van der Waals surface area contributed by atoms with Crippen LogP contribution in [0.5, 0.6) is 0 Å². The number of benzene rings is 1. The van der Waals surface area contributed by atoms with Gasteiger partial charge in [0.05, 0.1) is 0 Å². The van der Waals surface area contributed by atoms with Gasteiger partial charge in [-0.15, -0.1) is 0 Å². The highest BCUT2D eigenvalue weighted by atomic mass is 79.9. The second-order valence-corrected chi connectivity index (χ2v) is 5.08. The molecule has 90 valence electrons. The molecule has 0 radical (unpaired) electrons. The average Bonchev–Trinajstić information content (AvgIpc) is 2.28. The molecule has 0 aromatic heterocycles. The Bertz CT molecular complexity index is 315. The molecule has 0 fully saturated rings. The highest BCUT2D eigenvalue weighted by Gasteiger charge is 2.10. The SMILES string of the molecule is CNCCCN(C)C(C)c1cccc(Br)c1. The molecule has 0 spiro atoms. The Balaban J connectivity index is 2.52. The Morgan fingerprint density at radius 2 is 2.19 bits per heavy atom. The molecule has 1 atom stereocenters. The van der Waals surface area contributed by atoms with Crippen LogP contribution in [0.15, 0.2) is 28.7 Å². The number of nitrogens with zero attached hydrogens (tertiary/aromatic N) is 1. The Kier molecular flexibility index (Phi) is 6.03. The summed E-state index contributed by atoms with van der Waals surface area (Å²) in [5, 5.41) is 3.18. The lowest BCUT2D eigenvalue weighted by Gasteiger charge is -2.25. The van der Waals surface area contributed by atoms with E-state index in [0.717, 1.165) is 17.6 Å². The predicted octanol–water partition coefficient (Wildman–Crippen LogP) is 3.05. The monoisotopic (exact) mass is 284 g/mol. The first-order chi connectivity index (χ1) is 7.65. The van der Waals surface area contributed by atoms with Crippen LogP contribution < -0.4 is 5.32 Å². The molecule has 0 saturated carbocycles. The fraction of sp³-hybridized carbons (Fsp3) is 0.538. The quantitative estimate of drug-likeness (QED) is 0.808. The van der Waals surface area contributed by atoms with Gasteiger partial charge in [-0.25, -0.2) is 0 Å². The van der Waals surface area contributed by atoms with Crippen molar-refractivity contribution in [1.29, 1.82) is 0 Å². The van der Waals surface area contributed by atoms with Crippen LogP contribution in [-0.4, -0.2) is 32.1 Å². The molecule has 1 N–H and O–H groups in total. The second kappa shape index (κ2) is 7.05. The number of rotatable bonds is 6. The Morgan fingerprint density at radius 3 is 2.81 bits per heavy atom. The largest absolute Gasteiger partial charge is 0.320 e. The van der Waals surface area contributed by atoms with E-state index < -0.39 is 0 Å². The van der Waals surface area contributed by atoms with E-state index in [9.17, 15) is 0 Å². The van der Waals surface area contributed by atoms with Crippen LogP contribution in [0, 0.1) is 0 Å². The lowest BCUT2D eigenvalue weighted by molar-refractivity contribution is 0.258. The molecule has 0 aliphatic rings. The van der Waals surface area contributed by atoms with Gasteiger partial charge in [-0.05, 0) is 58.2 Å². The van der Waals surface area contributed by atoms with Gasteiger partial charge in [-0.2, -0.15) is 0 Å². The van der Waals surface area contributed by atoms with Crippen molar-refractivity contribution in [3.63, 3.8) is 0 Å². The highest BCUT2D eigenvalue weighted by Crippen LogP contribution is 2.21. The van der Waals surface area contributed by atoms with E-state index in [4.69, 9.17) is 0 Å². The third-order valence-corrected chi connectivity index (χ3v) is 3.42. The molecular weight excluding hydrogens is 264 g/mol. The van der Waals surface area contributed by atoms with Crippen LogP contribution in [0.25, 0.3) is 0 Å². The summed E-state index contributed by atoms with van der Waals surface area (Å²) < 4.78 is 1.15. The van der Waals surface area contributed by atoms with Crippen molar-refractivity contribution in [3.8, 4) is 0 Å². The summed E-state index contributed by atoms with van der Waals surface area (Å²) in [4.78, 5) is 2.39. The van der Waals surface area contributed by atoms with Crippen LogP contribution >= 0.6 is 15.9 Å². The zero-order chi connectivity index (χ0) is 12.0. The minimum Gasteiger partial charge on any atom is -0.320 e. The molecular formula is C13H21BrN2. The van der Waals surface area contributed by atoms with Gasteiger partial charge in [0.25, 0.3) is 0 Å². The van der Waals surface area contributed by atoms with Gasteiger partial charge in [0, 0.05) is 10.5 Å². The van der Waals surface area contributed by atoms with Crippen molar-refractivity contribution in [2.24, 2.45) is 0 Å². The third kappa shape index (κ3) is 4.24. The molecule has 1 rings (SSSR count).